The maximum absolute atomic E-state index is 12.6. The number of hydrogen-bond acceptors (Lipinski definition) is 6. The number of pyridine rings is 2. The van der Waals surface area contributed by atoms with Crippen molar-refractivity contribution in [1.82, 2.24) is 34.9 Å². The molecule has 9 heteroatoms. The summed E-state index contributed by atoms with van der Waals surface area (Å²) in [4.78, 5) is 29.6. The molecule has 0 radical (unpaired) electrons. The predicted molar refractivity (Wildman–Crippen MR) is 129 cm³/mol. The summed E-state index contributed by atoms with van der Waals surface area (Å²) in [5, 5.41) is 7.12. The molecule has 4 N–H and O–H groups in total. The van der Waals surface area contributed by atoms with Crippen molar-refractivity contribution in [3.05, 3.63) is 90.3 Å². The van der Waals surface area contributed by atoms with Crippen LogP contribution in [0.1, 0.15) is 17.1 Å². The van der Waals surface area contributed by atoms with E-state index in [0.717, 1.165) is 33.9 Å². The number of benzene rings is 1. The average Bonchev–Trinajstić information content (AvgIpc) is 3.50. The second-order valence-corrected chi connectivity index (χ2v) is 8.07. The fraction of sp³-hybridized carbons (Fsp3) is 0.160. The van der Waals surface area contributed by atoms with E-state index in [0.29, 0.717) is 17.9 Å². The van der Waals surface area contributed by atoms with Gasteiger partial charge in [-0.1, -0.05) is 36.4 Å². The minimum atomic E-state index is -0.649. The number of aromatic nitrogens is 6. The van der Waals surface area contributed by atoms with E-state index in [1.165, 1.54) is 6.33 Å². The van der Waals surface area contributed by atoms with Gasteiger partial charge in [0.15, 0.2) is 5.65 Å². The van der Waals surface area contributed by atoms with Crippen molar-refractivity contribution in [2.45, 2.75) is 25.9 Å². The molecule has 1 amide bonds. The molecule has 1 aromatic carbocycles. The van der Waals surface area contributed by atoms with E-state index in [9.17, 15) is 4.79 Å². The smallest absolute Gasteiger partial charge is 0.237 e. The van der Waals surface area contributed by atoms with Gasteiger partial charge in [-0.15, -0.1) is 0 Å². The van der Waals surface area contributed by atoms with Gasteiger partial charge in [-0.2, -0.15) is 5.10 Å². The average molecular weight is 453 g/mol. The van der Waals surface area contributed by atoms with Crippen molar-refractivity contribution < 1.29 is 4.79 Å². The first-order valence-electron chi connectivity index (χ1n) is 11.0. The van der Waals surface area contributed by atoms with E-state index in [1.807, 2.05) is 73.8 Å². The van der Waals surface area contributed by atoms with Gasteiger partial charge in [-0.25, -0.2) is 14.5 Å². The van der Waals surface area contributed by atoms with Gasteiger partial charge in [0, 0.05) is 17.5 Å². The number of nitrogens with one attached hydrogen (secondary N) is 2. The van der Waals surface area contributed by atoms with Crippen LogP contribution in [0.3, 0.4) is 0 Å². The maximum atomic E-state index is 12.6. The highest BCUT2D eigenvalue weighted by Crippen LogP contribution is 2.29. The number of rotatable bonds is 7. The summed E-state index contributed by atoms with van der Waals surface area (Å²) >= 11 is 0. The fourth-order valence-corrected chi connectivity index (χ4v) is 3.80. The molecular weight excluding hydrogens is 428 g/mol. The maximum Gasteiger partial charge on any atom is 0.237 e. The number of aromatic amines is 1. The van der Waals surface area contributed by atoms with E-state index >= 15 is 0 Å². The van der Waals surface area contributed by atoms with Gasteiger partial charge in [-0.3, -0.25) is 9.78 Å². The molecule has 9 nitrogen and oxygen atoms in total. The Morgan fingerprint density at radius 3 is 2.76 bits per heavy atom. The summed E-state index contributed by atoms with van der Waals surface area (Å²) < 4.78 is 1.70. The van der Waals surface area contributed by atoms with E-state index in [2.05, 4.69) is 25.4 Å². The number of amides is 1. The lowest BCUT2D eigenvalue weighted by Gasteiger charge is -2.11. The van der Waals surface area contributed by atoms with Gasteiger partial charge in [-0.05, 0) is 43.2 Å². The third-order valence-electron chi connectivity index (χ3n) is 5.51. The van der Waals surface area contributed by atoms with Crippen LogP contribution >= 0.6 is 0 Å². The van der Waals surface area contributed by atoms with Crippen LogP contribution in [0.15, 0.2) is 73.2 Å². The number of carbonyl (C=O) groups is 1. The minimum absolute atomic E-state index is 0.214. The third-order valence-corrected chi connectivity index (χ3v) is 5.51. The van der Waals surface area contributed by atoms with Gasteiger partial charge in [0.1, 0.15) is 12.2 Å². The van der Waals surface area contributed by atoms with Crippen molar-refractivity contribution in [2.24, 2.45) is 5.73 Å². The van der Waals surface area contributed by atoms with Gasteiger partial charge in [0.25, 0.3) is 0 Å². The summed E-state index contributed by atoms with van der Waals surface area (Å²) in [5.74, 6) is 0.369. The van der Waals surface area contributed by atoms with Crippen LogP contribution in [0.25, 0.3) is 28.3 Å². The highest BCUT2D eigenvalue weighted by atomic mass is 16.2. The van der Waals surface area contributed by atoms with Crippen LogP contribution in [0.2, 0.25) is 0 Å². The molecule has 0 saturated heterocycles. The zero-order valence-electron chi connectivity index (χ0n) is 18.6. The highest BCUT2D eigenvalue weighted by Gasteiger charge is 2.18. The highest BCUT2D eigenvalue weighted by molar-refractivity contribution is 5.82. The number of carbonyl (C=O) groups excluding carboxylic acids is 1. The molecular formula is C25H24N8O. The number of fused-ring (bicyclic) bond motifs is 1. The quantitative estimate of drug-likeness (QED) is 0.348. The van der Waals surface area contributed by atoms with Crippen molar-refractivity contribution >= 4 is 11.6 Å². The molecule has 0 unspecified atom stereocenters. The lowest BCUT2D eigenvalue weighted by Crippen LogP contribution is -2.41. The summed E-state index contributed by atoms with van der Waals surface area (Å²) in [6.07, 6.45) is 3.84. The Kier molecular flexibility index (Phi) is 5.84. The number of hydrogen-bond donors (Lipinski definition) is 3. The Morgan fingerprint density at radius 1 is 1.09 bits per heavy atom. The van der Waals surface area contributed by atoms with Crippen LogP contribution in [0.5, 0.6) is 0 Å². The molecule has 0 aliphatic heterocycles. The largest absolute Gasteiger partial charge is 0.348 e. The molecule has 1 atom stereocenters. The molecule has 0 bridgehead atoms. The molecule has 0 aliphatic rings. The normalized spacial score (nSPS) is 12.1. The Labute approximate surface area is 196 Å². The second kappa shape index (κ2) is 9.24. The van der Waals surface area contributed by atoms with Crippen molar-refractivity contribution in [2.75, 3.05) is 0 Å². The zero-order chi connectivity index (χ0) is 23.5. The molecule has 5 aromatic rings. The third kappa shape index (κ3) is 4.55. The van der Waals surface area contributed by atoms with Gasteiger partial charge in [0.2, 0.25) is 5.91 Å². The first-order chi connectivity index (χ1) is 16.6. The van der Waals surface area contributed by atoms with Gasteiger partial charge in [0.05, 0.1) is 29.7 Å². The van der Waals surface area contributed by atoms with E-state index in [4.69, 9.17) is 10.7 Å². The SMILES string of the molecule is Cc1cccc(-c2[nH]c(CNC(=O)[C@H](N)Cc3ccccc3)nc2-c2ccc3ncnn3c2)n1. The van der Waals surface area contributed by atoms with Crippen molar-refractivity contribution in [1.29, 1.82) is 0 Å². The number of nitrogens with zero attached hydrogens (tertiary/aromatic N) is 5. The van der Waals surface area contributed by atoms with E-state index in [-0.39, 0.29) is 12.5 Å². The summed E-state index contributed by atoms with van der Waals surface area (Å²) in [6.45, 7) is 2.15. The lowest BCUT2D eigenvalue weighted by molar-refractivity contribution is -0.122. The Hall–Kier alpha value is -4.37. The molecule has 4 heterocycles. The molecule has 5 rings (SSSR count). The van der Waals surface area contributed by atoms with Crippen LogP contribution in [-0.2, 0) is 17.8 Å². The number of nitrogens with two attached hydrogens (primary N) is 1. The van der Waals surface area contributed by atoms with Crippen molar-refractivity contribution in [3.8, 4) is 22.6 Å². The molecule has 4 aromatic heterocycles. The first kappa shape index (κ1) is 21.5. The topological polar surface area (TPSA) is 127 Å². The summed E-state index contributed by atoms with van der Waals surface area (Å²) in [6, 6.07) is 18.7. The monoisotopic (exact) mass is 452 g/mol. The predicted octanol–water partition coefficient (Wildman–Crippen LogP) is 2.68. The summed E-state index contributed by atoms with van der Waals surface area (Å²) in [7, 11) is 0. The molecule has 0 fully saturated rings. The standard InChI is InChI=1S/C25H24N8O/c1-16-6-5-9-20(30-16)24-23(18-10-11-22-28-15-29-33(22)14-18)31-21(32-24)13-27-25(34)19(26)12-17-7-3-2-4-8-17/h2-11,14-15,19H,12-13,26H2,1H3,(H,27,34)(H,31,32)/t19-/m1/s1. The molecule has 170 valence electrons. The molecule has 0 spiro atoms. The first-order valence-corrected chi connectivity index (χ1v) is 11.0. The van der Waals surface area contributed by atoms with E-state index < -0.39 is 6.04 Å². The van der Waals surface area contributed by atoms with E-state index in [1.54, 1.807) is 4.52 Å². The Bertz CT molecular complexity index is 1440. The van der Waals surface area contributed by atoms with Crippen LogP contribution in [0, 0.1) is 6.92 Å². The Balaban J connectivity index is 1.40. The number of aryl methyl sites for hydroxylation is 1. The Morgan fingerprint density at radius 2 is 1.94 bits per heavy atom. The number of H-pyrrole nitrogens is 1. The molecule has 0 aliphatic carbocycles. The van der Waals surface area contributed by atoms with Crippen LogP contribution < -0.4 is 11.1 Å². The lowest BCUT2D eigenvalue weighted by atomic mass is 10.1. The van der Waals surface area contributed by atoms with Gasteiger partial charge >= 0.3 is 0 Å². The van der Waals surface area contributed by atoms with Gasteiger partial charge < -0.3 is 16.0 Å². The van der Waals surface area contributed by atoms with Crippen LogP contribution in [-0.4, -0.2) is 41.5 Å². The van der Waals surface area contributed by atoms with Crippen molar-refractivity contribution in [3.63, 3.8) is 0 Å². The summed E-state index contributed by atoms with van der Waals surface area (Å²) in [5.41, 5.74) is 11.9. The molecule has 34 heavy (non-hydrogen) atoms. The minimum Gasteiger partial charge on any atom is -0.348 e. The number of imidazole rings is 1. The van der Waals surface area contributed by atoms with Crippen LogP contribution in [0.4, 0.5) is 0 Å². The zero-order valence-corrected chi connectivity index (χ0v) is 18.6. The fourth-order valence-electron chi connectivity index (χ4n) is 3.80. The second-order valence-electron chi connectivity index (χ2n) is 8.07. The molecule has 0 saturated carbocycles.